The van der Waals surface area contributed by atoms with Crippen molar-refractivity contribution in [3.63, 3.8) is 0 Å². The van der Waals surface area contributed by atoms with Crippen molar-refractivity contribution >= 4 is 24.0 Å². The fourth-order valence-corrected chi connectivity index (χ4v) is 2.08. The molecule has 2 rings (SSSR count). The van der Waals surface area contributed by atoms with Gasteiger partial charge < -0.3 is 10.6 Å². The average molecular weight is 269 g/mol. The molecular weight excluding hydrogens is 248 g/mol. The summed E-state index contributed by atoms with van der Waals surface area (Å²) in [6.07, 6.45) is 0.940. The van der Waals surface area contributed by atoms with E-state index in [2.05, 4.69) is 23.6 Å². The second kappa shape index (κ2) is 6.76. The molecule has 1 heterocycles. The number of amides is 1. The zero-order chi connectivity index (χ0) is 12.3. The highest BCUT2D eigenvalue weighted by atomic mass is 35.5. The van der Waals surface area contributed by atoms with E-state index >= 15 is 0 Å². The summed E-state index contributed by atoms with van der Waals surface area (Å²) in [6.45, 7) is 6.04. The Hall–Kier alpha value is -1.06. The normalized spacial score (nSPS) is 16.3. The molecule has 0 aromatic heterocycles. The predicted molar refractivity (Wildman–Crippen MR) is 77.2 cm³/mol. The highest BCUT2D eigenvalue weighted by Gasteiger charge is 2.28. The SMILES string of the molecule is CCc1ccccc1NC(=O)C(C)C1CNC1.Cl. The molecule has 0 bridgehead atoms. The minimum absolute atomic E-state index is 0. The number of aryl methyl sites for hydroxylation is 1. The predicted octanol–water partition coefficient (Wildman–Crippen LogP) is 2.46. The van der Waals surface area contributed by atoms with Gasteiger partial charge in [0.25, 0.3) is 0 Å². The smallest absolute Gasteiger partial charge is 0.227 e. The Labute approximate surface area is 115 Å². The molecule has 0 saturated carbocycles. The van der Waals surface area contributed by atoms with Crippen LogP contribution in [0.2, 0.25) is 0 Å². The highest BCUT2D eigenvalue weighted by molar-refractivity contribution is 5.93. The maximum Gasteiger partial charge on any atom is 0.227 e. The highest BCUT2D eigenvalue weighted by Crippen LogP contribution is 2.20. The van der Waals surface area contributed by atoms with Crippen LogP contribution < -0.4 is 10.6 Å². The Morgan fingerprint density at radius 1 is 1.44 bits per heavy atom. The van der Waals surface area contributed by atoms with Crippen LogP contribution in [-0.4, -0.2) is 19.0 Å². The third-order valence-corrected chi connectivity index (χ3v) is 3.59. The first-order valence-electron chi connectivity index (χ1n) is 6.32. The van der Waals surface area contributed by atoms with Gasteiger partial charge >= 0.3 is 0 Å². The molecule has 1 aromatic rings. The third-order valence-electron chi connectivity index (χ3n) is 3.59. The molecule has 1 aliphatic heterocycles. The molecule has 100 valence electrons. The van der Waals surface area contributed by atoms with Gasteiger partial charge in [-0.1, -0.05) is 32.0 Å². The molecule has 3 nitrogen and oxygen atoms in total. The molecule has 0 aliphatic carbocycles. The van der Waals surface area contributed by atoms with Gasteiger partial charge in [0, 0.05) is 11.6 Å². The van der Waals surface area contributed by atoms with E-state index in [9.17, 15) is 4.79 Å². The first-order valence-corrected chi connectivity index (χ1v) is 6.32. The number of nitrogens with one attached hydrogen (secondary N) is 2. The Morgan fingerprint density at radius 3 is 2.67 bits per heavy atom. The van der Waals surface area contributed by atoms with Crippen LogP contribution in [0.5, 0.6) is 0 Å². The zero-order valence-corrected chi connectivity index (χ0v) is 11.7. The monoisotopic (exact) mass is 268 g/mol. The van der Waals surface area contributed by atoms with E-state index in [4.69, 9.17) is 0 Å². The van der Waals surface area contributed by atoms with E-state index < -0.39 is 0 Å². The van der Waals surface area contributed by atoms with Crippen LogP contribution in [-0.2, 0) is 11.2 Å². The Kier molecular flexibility index (Phi) is 5.63. The summed E-state index contributed by atoms with van der Waals surface area (Å²) in [5, 5.41) is 6.25. The zero-order valence-electron chi connectivity index (χ0n) is 10.9. The van der Waals surface area contributed by atoms with Gasteiger partial charge in [-0.05, 0) is 37.1 Å². The Bertz CT molecular complexity index is 405. The molecule has 18 heavy (non-hydrogen) atoms. The standard InChI is InChI=1S/C14H20N2O.ClH/c1-3-11-6-4-5-7-13(11)16-14(17)10(2)12-8-15-9-12;/h4-7,10,12,15H,3,8-9H2,1-2H3,(H,16,17);1H. The lowest BCUT2D eigenvalue weighted by atomic mass is 9.88. The minimum Gasteiger partial charge on any atom is -0.326 e. The number of carbonyl (C=O) groups is 1. The molecular formula is C14H21ClN2O. The molecule has 1 fully saturated rings. The lowest BCUT2D eigenvalue weighted by Gasteiger charge is -2.31. The van der Waals surface area contributed by atoms with Crippen LogP contribution in [0.15, 0.2) is 24.3 Å². The second-order valence-corrected chi connectivity index (χ2v) is 4.71. The summed E-state index contributed by atoms with van der Waals surface area (Å²) < 4.78 is 0. The Balaban J connectivity index is 0.00000162. The van der Waals surface area contributed by atoms with Gasteiger partial charge in [-0.25, -0.2) is 0 Å². The summed E-state index contributed by atoms with van der Waals surface area (Å²) >= 11 is 0. The summed E-state index contributed by atoms with van der Waals surface area (Å²) in [4.78, 5) is 12.1. The summed E-state index contributed by atoms with van der Waals surface area (Å²) in [7, 11) is 0. The van der Waals surface area contributed by atoms with Crippen molar-refractivity contribution in [2.24, 2.45) is 11.8 Å². The van der Waals surface area contributed by atoms with Crippen molar-refractivity contribution in [2.45, 2.75) is 20.3 Å². The number of para-hydroxylation sites is 1. The van der Waals surface area contributed by atoms with E-state index in [1.54, 1.807) is 0 Å². The van der Waals surface area contributed by atoms with Crippen LogP contribution in [0.4, 0.5) is 5.69 Å². The molecule has 2 N–H and O–H groups in total. The molecule has 1 saturated heterocycles. The van der Waals surface area contributed by atoms with E-state index in [0.29, 0.717) is 5.92 Å². The molecule has 1 unspecified atom stereocenters. The van der Waals surface area contributed by atoms with Crippen LogP contribution in [0.25, 0.3) is 0 Å². The summed E-state index contributed by atoms with van der Waals surface area (Å²) in [5.41, 5.74) is 2.15. The van der Waals surface area contributed by atoms with Gasteiger partial charge in [0.15, 0.2) is 0 Å². The van der Waals surface area contributed by atoms with E-state index in [1.165, 1.54) is 5.56 Å². The number of halogens is 1. The van der Waals surface area contributed by atoms with E-state index in [0.717, 1.165) is 25.2 Å². The van der Waals surface area contributed by atoms with E-state index in [-0.39, 0.29) is 24.2 Å². The van der Waals surface area contributed by atoms with Gasteiger partial charge in [0.05, 0.1) is 0 Å². The van der Waals surface area contributed by atoms with Crippen LogP contribution in [0.3, 0.4) is 0 Å². The third kappa shape index (κ3) is 3.24. The first kappa shape index (κ1) is 15.0. The Morgan fingerprint density at radius 2 is 2.11 bits per heavy atom. The first-order chi connectivity index (χ1) is 8.22. The molecule has 0 spiro atoms. The number of rotatable bonds is 4. The van der Waals surface area contributed by atoms with Crippen molar-refractivity contribution < 1.29 is 4.79 Å². The van der Waals surface area contributed by atoms with Gasteiger partial charge in [-0.3, -0.25) is 4.79 Å². The van der Waals surface area contributed by atoms with Crippen LogP contribution in [0.1, 0.15) is 19.4 Å². The second-order valence-electron chi connectivity index (χ2n) is 4.71. The molecule has 1 aromatic carbocycles. The summed E-state index contributed by atoms with van der Waals surface area (Å²) in [6, 6.07) is 8.01. The molecule has 1 atom stereocenters. The number of hydrogen-bond donors (Lipinski definition) is 2. The van der Waals surface area contributed by atoms with Crippen molar-refractivity contribution in [3.05, 3.63) is 29.8 Å². The quantitative estimate of drug-likeness (QED) is 0.881. The van der Waals surface area contributed by atoms with E-state index in [1.807, 2.05) is 25.1 Å². The van der Waals surface area contributed by atoms with Gasteiger partial charge in [0.1, 0.15) is 0 Å². The van der Waals surface area contributed by atoms with Gasteiger partial charge in [-0.15, -0.1) is 12.4 Å². The minimum atomic E-state index is 0. The van der Waals surface area contributed by atoms with Crippen molar-refractivity contribution in [2.75, 3.05) is 18.4 Å². The average Bonchev–Trinajstić information content (AvgIpc) is 2.27. The van der Waals surface area contributed by atoms with Crippen molar-refractivity contribution in [3.8, 4) is 0 Å². The fraction of sp³-hybridized carbons (Fsp3) is 0.500. The summed E-state index contributed by atoms with van der Waals surface area (Å²) in [5.74, 6) is 0.711. The van der Waals surface area contributed by atoms with Gasteiger partial charge in [-0.2, -0.15) is 0 Å². The lowest BCUT2D eigenvalue weighted by Crippen LogP contribution is -2.48. The molecule has 4 heteroatoms. The largest absolute Gasteiger partial charge is 0.326 e. The van der Waals surface area contributed by atoms with Gasteiger partial charge in [0.2, 0.25) is 5.91 Å². The number of benzene rings is 1. The van der Waals surface area contributed by atoms with Crippen LogP contribution in [0, 0.1) is 11.8 Å². The van der Waals surface area contributed by atoms with Crippen molar-refractivity contribution in [1.82, 2.24) is 5.32 Å². The maximum absolute atomic E-state index is 12.1. The number of hydrogen-bond acceptors (Lipinski definition) is 2. The maximum atomic E-state index is 12.1. The van der Waals surface area contributed by atoms with Crippen LogP contribution >= 0.6 is 12.4 Å². The number of carbonyl (C=O) groups excluding carboxylic acids is 1. The molecule has 0 radical (unpaired) electrons. The lowest BCUT2D eigenvalue weighted by molar-refractivity contribution is -0.121. The molecule has 1 amide bonds. The van der Waals surface area contributed by atoms with Crippen molar-refractivity contribution in [1.29, 1.82) is 0 Å². The number of anilines is 1. The fourth-order valence-electron chi connectivity index (χ4n) is 2.08. The molecule has 1 aliphatic rings. The topological polar surface area (TPSA) is 41.1 Å².